The van der Waals surface area contributed by atoms with Crippen LogP contribution in [0.3, 0.4) is 0 Å². The van der Waals surface area contributed by atoms with Crippen LogP contribution >= 0.6 is 0 Å². The minimum absolute atomic E-state index is 0.0101. The third-order valence-electron chi connectivity index (χ3n) is 5.53. The molecule has 3 amide bonds. The lowest BCUT2D eigenvalue weighted by molar-refractivity contribution is -0.139. The fraction of sp³-hybridized carbons (Fsp3) is 0.458. The second kappa shape index (κ2) is 12.0. The second-order valence-electron chi connectivity index (χ2n) is 8.23. The molecule has 0 aliphatic carbocycles. The summed E-state index contributed by atoms with van der Waals surface area (Å²) in [7, 11) is 0. The zero-order valence-corrected chi connectivity index (χ0v) is 19.9. The van der Waals surface area contributed by atoms with E-state index in [4.69, 9.17) is 14.6 Å². The topological polar surface area (TPSA) is 138 Å². The van der Waals surface area contributed by atoms with E-state index in [0.29, 0.717) is 43.7 Å². The first-order valence-corrected chi connectivity index (χ1v) is 11.5. The number of nitrogens with zero attached hydrogens (tertiary/aromatic N) is 3. The number of carbonyl (C=O) groups is 4. The van der Waals surface area contributed by atoms with Gasteiger partial charge in [-0.1, -0.05) is 19.4 Å². The summed E-state index contributed by atoms with van der Waals surface area (Å²) in [6, 6.07) is 6.71. The lowest BCUT2D eigenvalue weighted by Gasteiger charge is -2.34. The van der Waals surface area contributed by atoms with Crippen molar-refractivity contribution in [2.45, 2.75) is 26.7 Å². The summed E-state index contributed by atoms with van der Waals surface area (Å²) < 4.78 is 10.6. The van der Waals surface area contributed by atoms with Crippen molar-refractivity contribution in [2.24, 2.45) is 0 Å². The standard InChI is InChI=1S/C24H30N4O7/c1-3-4-11-34-24(33)28-9-7-27(8-10-28)21(29)14-25-23(32)19-13-20(35-15-22(30)31)17-6-5-16(2)12-18(17)26-19/h5-6,12-13H,3-4,7-11,14-15H2,1-2H3,(H,25,32)(H,30,31). The van der Waals surface area contributed by atoms with E-state index in [1.807, 2.05) is 19.9 Å². The zero-order chi connectivity index (χ0) is 25.4. The quantitative estimate of drug-likeness (QED) is 0.512. The molecule has 3 rings (SSSR count). The first kappa shape index (κ1) is 25.7. The molecule has 188 valence electrons. The first-order chi connectivity index (χ1) is 16.8. The number of fused-ring (bicyclic) bond motifs is 1. The highest BCUT2D eigenvalue weighted by molar-refractivity contribution is 5.98. The number of amides is 3. The van der Waals surface area contributed by atoms with E-state index in [1.165, 1.54) is 6.07 Å². The van der Waals surface area contributed by atoms with Gasteiger partial charge in [-0.3, -0.25) is 9.59 Å². The van der Waals surface area contributed by atoms with Crippen LogP contribution in [0.2, 0.25) is 0 Å². The summed E-state index contributed by atoms with van der Waals surface area (Å²) in [6.07, 6.45) is 1.37. The molecule has 2 N–H and O–H groups in total. The molecular weight excluding hydrogens is 456 g/mol. The number of aliphatic carboxylic acids is 1. The number of nitrogens with one attached hydrogen (secondary N) is 1. The minimum atomic E-state index is -1.15. The number of aryl methyl sites for hydroxylation is 1. The van der Waals surface area contributed by atoms with E-state index in [0.717, 1.165) is 18.4 Å². The normalized spacial score (nSPS) is 13.4. The highest BCUT2D eigenvalue weighted by atomic mass is 16.6. The van der Waals surface area contributed by atoms with Gasteiger partial charge >= 0.3 is 12.1 Å². The molecular formula is C24H30N4O7. The van der Waals surface area contributed by atoms with E-state index in [1.54, 1.807) is 21.9 Å². The van der Waals surface area contributed by atoms with Gasteiger partial charge in [-0.15, -0.1) is 0 Å². The van der Waals surface area contributed by atoms with Crippen molar-refractivity contribution in [3.05, 3.63) is 35.5 Å². The average molecular weight is 487 g/mol. The molecule has 0 spiro atoms. The smallest absolute Gasteiger partial charge is 0.409 e. The highest BCUT2D eigenvalue weighted by Gasteiger charge is 2.25. The van der Waals surface area contributed by atoms with Crippen molar-refractivity contribution in [1.29, 1.82) is 0 Å². The number of unbranched alkanes of at least 4 members (excludes halogenated alkanes) is 1. The molecule has 2 aromatic rings. The fourth-order valence-electron chi connectivity index (χ4n) is 3.57. The number of hydrogen-bond donors (Lipinski definition) is 2. The molecule has 1 aromatic carbocycles. The number of hydrogen-bond acceptors (Lipinski definition) is 7. The van der Waals surface area contributed by atoms with E-state index in [9.17, 15) is 19.2 Å². The van der Waals surface area contributed by atoms with Gasteiger partial charge in [0.1, 0.15) is 11.4 Å². The SMILES string of the molecule is CCCCOC(=O)N1CCN(C(=O)CNC(=O)c2cc(OCC(=O)O)c3ccc(C)cc3n2)CC1. The van der Waals surface area contributed by atoms with E-state index in [2.05, 4.69) is 10.3 Å². The summed E-state index contributed by atoms with van der Waals surface area (Å²) >= 11 is 0. The van der Waals surface area contributed by atoms with Gasteiger partial charge in [0.15, 0.2) is 6.61 Å². The Morgan fingerprint density at radius 2 is 1.80 bits per heavy atom. The van der Waals surface area contributed by atoms with Crippen LogP contribution in [0, 0.1) is 6.92 Å². The number of aromatic nitrogens is 1. The van der Waals surface area contributed by atoms with Crippen LogP contribution in [0.25, 0.3) is 10.9 Å². The number of benzene rings is 1. The van der Waals surface area contributed by atoms with Crippen molar-refractivity contribution in [1.82, 2.24) is 20.1 Å². The number of pyridine rings is 1. The Morgan fingerprint density at radius 1 is 1.09 bits per heavy atom. The van der Waals surface area contributed by atoms with Crippen molar-refractivity contribution in [2.75, 3.05) is 45.9 Å². The predicted molar refractivity (Wildman–Crippen MR) is 126 cm³/mol. The minimum Gasteiger partial charge on any atom is -0.481 e. The molecule has 1 fully saturated rings. The fourth-order valence-corrected chi connectivity index (χ4v) is 3.57. The molecule has 11 nitrogen and oxygen atoms in total. The van der Waals surface area contributed by atoms with Gasteiger partial charge in [0.25, 0.3) is 5.91 Å². The molecule has 1 aromatic heterocycles. The number of ether oxygens (including phenoxy) is 2. The molecule has 1 saturated heterocycles. The van der Waals surface area contributed by atoms with Crippen LogP contribution in [-0.2, 0) is 14.3 Å². The van der Waals surface area contributed by atoms with Crippen LogP contribution in [0.4, 0.5) is 4.79 Å². The van der Waals surface area contributed by atoms with Crippen LogP contribution in [-0.4, -0.2) is 89.7 Å². The third kappa shape index (κ3) is 7.05. The number of carbonyl (C=O) groups excluding carboxylic acids is 3. The van der Waals surface area contributed by atoms with Gasteiger partial charge < -0.3 is 29.7 Å². The Balaban J connectivity index is 1.58. The molecule has 2 heterocycles. The molecule has 0 unspecified atom stereocenters. The lowest BCUT2D eigenvalue weighted by atomic mass is 10.1. The van der Waals surface area contributed by atoms with Gasteiger partial charge in [-0.05, 0) is 31.0 Å². The Labute approximate surface area is 203 Å². The molecule has 11 heteroatoms. The lowest BCUT2D eigenvalue weighted by Crippen LogP contribution is -2.52. The van der Waals surface area contributed by atoms with Gasteiger partial charge in [-0.2, -0.15) is 0 Å². The van der Waals surface area contributed by atoms with Crippen molar-refractivity contribution in [3.8, 4) is 5.75 Å². The van der Waals surface area contributed by atoms with Crippen molar-refractivity contribution in [3.63, 3.8) is 0 Å². The molecule has 1 aliphatic heterocycles. The van der Waals surface area contributed by atoms with Crippen LogP contribution in [0.5, 0.6) is 5.75 Å². The summed E-state index contributed by atoms with van der Waals surface area (Å²) in [5, 5.41) is 12.1. The van der Waals surface area contributed by atoms with Crippen molar-refractivity contribution < 1.29 is 33.8 Å². The number of carboxylic acid groups (broad SMARTS) is 1. The molecule has 1 aliphatic rings. The second-order valence-corrected chi connectivity index (χ2v) is 8.23. The summed E-state index contributed by atoms with van der Waals surface area (Å²) in [5.74, 6) is -1.79. The van der Waals surface area contributed by atoms with E-state index in [-0.39, 0.29) is 30.0 Å². The zero-order valence-electron chi connectivity index (χ0n) is 19.9. The van der Waals surface area contributed by atoms with Crippen LogP contribution in [0.1, 0.15) is 35.8 Å². The predicted octanol–water partition coefficient (Wildman–Crippen LogP) is 1.82. The van der Waals surface area contributed by atoms with E-state index >= 15 is 0 Å². The summed E-state index contributed by atoms with van der Waals surface area (Å²) in [6.45, 7) is 4.88. The maximum Gasteiger partial charge on any atom is 0.409 e. The number of carboxylic acids is 1. The van der Waals surface area contributed by atoms with Gasteiger partial charge in [-0.25, -0.2) is 14.6 Å². The molecule has 35 heavy (non-hydrogen) atoms. The van der Waals surface area contributed by atoms with E-state index < -0.39 is 18.5 Å². The largest absolute Gasteiger partial charge is 0.481 e. The monoisotopic (exact) mass is 486 g/mol. The maximum absolute atomic E-state index is 12.7. The van der Waals surface area contributed by atoms with Crippen LogP contribution in [0.15, 0.2) is 24.3 Å². The number of piperazine rings is 1. The van der Waals surface area contributed by atoms with Crippen molar-refractivity contribution >= 4 is 34.8 Å². The van der Waals surface area contributed by atoms with Gasteiger partial charge in [0, 0.05) is 37.6 Å². The Kier molecular flexibility index (Phi) is 8.82. The molecule has 0 radical (unpaired) electrons. The molecule has 0 saturated carbocycles. The summed E-state index contributed by atoms with van der Waals surface area (Å²) in [5.41, 5.74) is 1.40. The highest BCUT2D eigenvalue weighted by Crippen LogP contribution is 2.26. The first-order valence-electron chi connectivity index (χ1n) is 11.5. The molecule has 0 atom stereocenters. The average Bonchev–Trinajstić information content (AvgIpc) is 2.85. The summed E-state index contributed by atoms with van der Waals surface area (Å²) in [4.78, 5) is 55.8. The third-order valence-corrected chi connectivity index (χ3v) is 5.53. The maximum atomic E-state index is 12.7. The molecule has 0 bridgehead atoms. The Bertz CT molecular complexity index is 1100. The van der Waals surface area contributed by atoms with Gasteiger partial charge in [0.2, 0.25) is 5.91 Å². The Hall–Kier alpha value is -3.89. The van der Waals surface area contributed by atoms with Gasteiger partial charge in [0.05, 0.1) is 18.7 Å². The van der Waals surface area contributed by atoms with Crippen LogP contribution < -0.4 is 10.1 Å². The number of rotatable bonds is 9. The Morgan fingerprint density at radius 3 is 2.49 bits per heavy atom.